The number of rotatable bonds is 6. The number of para-hydroxylation sites is 2. The second-order valence-corrected chi connectivity index (χ2v) is 3.69. The van der Waals surface area contributed by atoms with Gasteiger partial charge in [0.15, 0.2) is 5.82 Å². The molecule has 96 valence electrons. The molecule has 0 atom stereocenters. The normalized spacial score (nSPS) is 10.6. The molecule has 0 bridgehead atoms. The second kappa shape index (κ2) is 6.11. The van der Waals surface area contributed by atoms with Crippen molar-refractivity contribution in [2.24, 2.45) is 0 Å². The van der Waals surface area contributed by atoms with Crippen molar-refractivity contribution in [1.29, 1.82) is 0 Å². The van der Waals surface area contributed by atoms with Crippen LogP contribution >= 0.6 is 0 Å². The summed E-state index contributed by atoms with van der Waals surface area (Å²) in [5, 5.41) is 15.0. The zero-order chi connectivity index (χ0) is 12.8. The highest BCUT2D eigenvalue weighted by atomic mass is 16.5. The summed E-state index contributed by atoms with van der Waals surface area (Å²) in [4.78, 5) is 0. The summed E-state index contributed by atoms with van der Waals surface area (Å²) >= 11 is 0. The van der Waals surface area contributed by atoms with Crippen molar-refractivity contribution in [2.75, 3.05) is 13.2 Å². The first-order chi connectivity index (χ1) is 8.86. The molecular formula is C12H17N5O. The van der Waals surface area contributed by atoms with Gasteiger partial charge in [0.05, 0.1) is 13.2 Å². The molecule has 1 N–H and O–H groups in total. The molecule has 6 nitrogen and oxygen atoms in total. The number of benzene rings is 1. The molecule has 2 aromatic rings. The molecule has 0 aliphatic rings. The first-order valence-corrected chi connectivity index (χ1v) is 6.07. The van der Waals surface area contributed by atoms with Gasteiger partial charge in [0, 0.05) is 0 Å². The molecule has 1 aromatic carbocycles. The van der Waals surface area contributed by atoms with Gasteiger partial charge < -0.3 is 10.1 Å². The van der Waals surface area contributed by atoms with Crippen LogP contribution in [0.15, 0.2) is 24.3 Å². The smallest absolute Gasteiger partial charge is 0.170 e. The van der Waals surface area contributed by atoms with Crippen molar-refractivity contribution in [3.05, 3.63) is 30.1 Å². The highest BCUT2D eigenvalue weighted by molar-refractivity contribution is 5.46. The molecule has 0 saturated carbocycles. The molecule has 0 spiro atoms. The Morgan fingerprint density at radius 3 is 2.89 bits per heavy atom. The Hall–Kier alpha value is -1.95. The van der Waals surface area contributed by atoms with E-state index >= 15 is 0 Å². The maximum absolute atomic E-state index is 5.58. The van der Waals surface area contributed by atoms with E-state index in [0.29, 0.717) is 13.2 Å². The molecule has 0 saturated heterocycles. The van der Waals surface area contributed by atoms with Gasteiger partial charge in [-0.2, -0.15) is 4.68 Å². The Morgan fingerprint density at radius 1 is 1.28 bits per heavy atom. The zero-order valence-electron chi connectivity index (χ0n) is 10.6. The third kappa shape index (κ3) is 2.65. The average Bonchev–Trinajstić information content (AvgIpc) is 2.85. The van der Waals surface area contributed by atoms with Crippen LogP contribution in [0.5, 0.6) is 5.75 Å². The minimum absolute atomic E-state index is 0.613. The predicted molar refractivity (Wildman–Crippen MR) is 67.7 cm³/mol. The summed E-state index contributed by atoms with van der Waals surface area (Å²) in [6, 6.07) is 7.73. The first-order valence-electron chi connectivity index (χ1n) is 6.07. The fourth-order valence-corrected chi connectivity index (χ4v) is 1.65. The SMILES string of the molecule is CCNCc1nnnn1-c1ccccc1OCC. The lowest BCUT2D eigenvalue weighted by Gasteiger charge is -2.10. The predicted octanol–water partition coefficient (Wildman–Crippen LogP) is 1.17. The quantitative estimate of drug-likeness (QED) is 0.830. The van der Waals surface area contributed by atoms with Crippen molar-refractivity contribution in [3.63, 3.8) is 0 Å². The van der Waals surface area contributed by atoms with E-state index in [1.54, 1.807) is 4.68 Å². The zero-order valence-corrected chi connectivity index (χ0v) is 10.6. The molecule has 6 heteroatoms. The van der Waals surface area contributed by atoms with E-state index in [0.717, 1.165) is 23.8 Å². The lowest BCUT2D eigenvalue weighted by atomic mass is 10.3. The van der Waals surface area contributed by atoms with Crippen molar-refractivity contribution in [2.45, 2.75) is 20.4 Å². The monoisotopic (exact) mass is 247 g/mol. The largest absolute Gasteiger partial charge is 0.492 e. The number of nitrogens with one attached hydrogen (secondary N) is 1. The standard InChI is InChI=1S/C12H17N5O/c1-3-13-9-12-14-15-16-17(12)10-7-5-6-8-11(10)18-4-2/h5-8,13H,3-4,9H2,1-2H3. The average molecular weight is 247 g/mol. The Morgan fingerprint density at radius 2 is 2.11 bits per heavy atom. The van der Waals surface area contributed by atoms with Gasteiger partial charge >= 0.3 is 0 Å². The lowest BCUT2D eigenvalue weighted by Crippen LogP contribution is -2.16. The number of aromatic nitrogens is 4. The van der Waals surface area contributed by atoms with E-state index in [1.165, 1.54) is 0 Å². The van der Waals surface area contributed by atoms with Gasteiger partial charge in [-0.15, -0.1) is 5.10 Å². The van der Waals surface area contributed by atoms with E-state index in [2.05, 4.69) is 20.8 Å². The molecule has 0 amide bonds. The van der Waals surface area contributed by atoms with Crippen LogP contribution in [0.3, 0.4) is 0 Å². The van der Waals surface area contributed by atoms with Gasteiger partial charge in [-0.3, -0.25) is 0 Å². The highest BCUT2D eigenvalue weighted by Crippen LogP contribution is 2.22. The fraction of sp³-hybridized carbons (Fsp3) is 0.417. The highest BCUT2D eigenvalue weighted by Gasteiger charge is 2.11. The molecule has 0 aliphatic carbocycles. The minimum Gasteiger partial charge on any atom is -0.492 e. The number of tetrazole rings is 1. The first kappa shape index (κ1) is 12.5. The van der Waals surface area contributed by atoms with Crippen molar-refractivity contribution in [3.8, 4) is 11.4 Å². The minimum atomic E-state index is 0.613. The van der Waals surface area contributed by atoms with Gasteiger partial charge in [-0.1, -0.05) is 19.1 Å². The maximum atomic E-state index is 5.58. The van der Waals surface area contributed by atoms with Gasteiger partial charge in [0.2, 0.25) is 0 Å². The van der Waals surface area contributed by atoms with Crippen LogP contribution in [0.2, 0.25) is 0 Å². The summed E-state index contributed by atoms with van der Waals surface area (Å²) in [5.41, 5.74) is 0.859. The maximum Gasteiger partial charge on any atom is 0.170 e. The van der Waals surface area contributed by atoms with Crippen LogP contribution < -0.4 is 10.1 Å². The van der Waals surface area contributed by atoms with Crippen molar-refractivity contribution >= 4 is 0 Å². The molecule has 1 heterocycles. The van der Waals surface area contributed by atoms with Crippen LogP contribution in [0.1, 0.15) is 19.7 Å². The van der Waals surface area contributed by atoms with E-state index in [1.807, 2.05) is 38.1 Å². The van der Waals surface area contributed by atoms with E-state index in [-0.39, 0.29) is 0 Å². The summed E-state index contributed by atoms with van der Waals surface area (Å²) in [7, 11) is 0. The Kier molecular flexibility index (Phi) is 4.25. The van der Waals surface area contributed by atoms with Gasteiger partial charge in [-0.05, 0) is 36.0 Å². The van der Waals surface area contributed by atoms with Crippen molar-refractivity contribution < 1.29 is 4.74 Å². The van der Waals surface area contributed by atoms with Crippen LogP contribution in [-0.2, 0) is 6.54 Å². The van der Waals surface area contributed by atoms with Crippen LogP contribution in [0, 0.1) is 0 Å². The molecule has 1 aromatic heterocycles. The number of ether oxygens (including phenoxy) is 1. The van der Waals surface area contributed by atoms with E-state index in [9.17, 15) is 0 Å². The molecule has 2 rings (SSSR count). The third-order valence-corrected chi connectivity index (χ3v) is 2.46. The topological polar surface area (TPSA) is 64.9 Å². The second-order valence-electron chi connectivity index (χ2n) is 3.69. The third-order valence-electron chi connectivity index (χ3n) is 2.46. The molecule has 0 fully saturated rings. The van der Waals surface area contributed by atoms with Gasteiger partial charge in [-0.25, -0.2) is 0 Å². The van der Waals surface area contributed by atoms with Gasteiger partial charge in [0.1, 0.15) is 11.4 Å². The Balaban J connectivity index is 2.33. The summed E-state index contributed by atoms with van der Waals surface area (Å²) in [6.07, 6.45) is 0. The molecular weight excluding hydrogens is 230 g/mol. The summed E-state index contributed by atoms with van der Waals surface area (Å²) in [5.74, 6) is 1.55. The molecule has 0 unspecified atom stereocenters. The molecule has 0 radical (unpaired) electrons. The number of nitrogens with zero attached hydrogens (tertiary/aromatic N) is 4. The lowest BCUT2D eigenvalue weighted by molar-refractivity contribution is 0.338. The summed E-state index contributed by atoms with van der Waals surface area (Å²) < 4.78 is 7.29. The van der Waals surface area contributed by atoms with Crippen molar-refractivity contribution in [1.82, 2.24) is 25.5 Å². The van der Waals surface area contributed by atoms with Crippen LogP contribution in [0.4, 0.5) is 0 Å². The molecule has 0 aliphatic heterocycles. The Bertz CT molecular complexity index is 497. The van der Waals surface area contributed by atoms with Crippen LogP contribution in [0.25, 0.3) is 5.69 Å². The fourth-order valence-electron chi connectivity index (χ4n) is 1.65. The summed E-state index contributed by atoms with van der Waals surface area (Å²) in [6.45, 7) is 6.11. The van der Waals surface area contributed by atoms with Crippen LogP contribution in [-0.4, -0.2) is 33.4 Å². The van der Waals surface area contributed by atoms with E-state index < -0.39 is 0 Å². The van der Waals surface area contributed by atoms with Gasteiger partial charge in [0.25, 0.3) is 0 Å². The molecule has 18 heavy (non-hydrogen) atoms. The Labute approximate surface area is 106 Å². The van der Waals surface area contributed by atoms with E-state index in [4.69, 9.17) is 4.74 Å². The number of hydrogen-bond donors (Lipinski definition) is 1. The number of hydrogen-bond acceptors (Lipinski definition) is 5.